The molecule has 2 aromatic heterocycles. The standard InChI is InChI=1S/C21H16N4O3S2/c1-28-20(27)14-6-9-15(10-7-14)22-18(26)12-29-21-25-24-19(30-21)17-11-8-13-4-2-3-5-16(13)23-17/h2-11H,12H2,1H3,(H,22,26). The number of esters is 1. The molecule has 0 aliphatic heterocycles. The van der Waals surface area contributed by atoms with Crippen LogP contribution in [0.4, 0.5) is 5.69 Å². The van der Waals surface area contributed by atoms with Crippen molar-refractivity contribution in [2.45, 2.75) is 4.34 Å². The van der Waals surface area contributed by atoms with Gasteiger partial charge in [0.15, 0.2) is 9.35 Å². The third kappa shape index (κ3) is 4.64. The first-order chi connectivity index (χ1) is 14.6. The first-order valence-electron chi connectivity index (χ1n) is 8.93. The van der Waals surface area contributed by atoms with Crippen molar-refractivity contribution in [3.63, 3.8) is 0 Å². The predicted octanol–water partition coefficient (Wildman–Crippen LogP) is 4.27. The van der Waals surface area contributed by atoms with Gasteiger partial charge in [-0.25, -0.2) is 9.78 Å². The van der Waals surface area contributed by atoms with E-state index in [0.717, 1.165) is 16.6 Å². The van der Waals surface area contributed by atoms with Crippen LogP contribution < -0.4 is 5.32 Å². The van der Waals surface area contributed by atoms with Gasteiger partial charge in [-0.3, -0.25) is 4.79 Å². The number of rotatable bonds is 6. The molecule has 0 radical (unpaired) electrons. The zero-order valence-corrected chi connectivity index (χ0v) is 17.5. The number of anilines is 1. The number of benzene rings is 2. The van der Waals surface area contributed by atoms with Crippen molar-refractivity contribution in [1.29, 1.82) is 0 Å². The van der Waals surface area contributed by atoms with Crippen LogP contribution >= 0.6 is 23.1 Å². The lowest BCUT2D eigenvalue weighted by Gasteiger charge is -2.05. The lowest BCUT2D eigenvalue weighted by Crippen LogP contribution is -2.14. The topological polar surface area (TPSA) is 94.1 Å². The number of carbonyl (C=O) groups is 2. The summed E-state index contributed by atoms with van der Waals surface area (Å²) in [5.74, 6) is -0.402. The minimum Gasteiger partial charge on any atom is -0.465 e. The number of thioether (sulfide) groups is 1. The minimum absolute atomic E-state index is 0.175. The van der Waals surface area contributed by atoms with Gasteiger partial charge in [0.1, 0.15) is 5.69 Å². The van der Waals surface area contributed by atoms with E-state index in [1.807, 2.05) is 36.4 Å². The Morgan fingerprint density at radius 2 is 1.83 bits per heavy atom. The lowest BCUT2D eigenvalue weighted by atomic mass is 10.2. The quantitative estimate of drug-likeness (QED) is 0.356. The maximum Gasteiger partial charge on any atom is 0.337 e. The summed E-state index contributed by atoms with van der Waals surface area (Å²) in [6, 6.07) is 18.3. The molecule has 30 heavy (non-hydrogen) atoms. The molecule has 150 valence electrons. The second-order valence-corrected chi connectivity index (χ2v) is 8.37. The fraction of sp³-hybridized carbons (Fsp3) is 0.0952. The van der Waals surface area contributed by atoms with Crippen molar-refractivity contribution in [3.05, 3.63) is 66.2 Å². The summed E-state index contributed by atoms with van der Waals surface area (Å²) < 4.78 is 5.34. The molecule has 7 nitrogen and oxygen atoms in total. The Morgan fingerprint density at radius 3 is 2.63 bits per heavy atom. The van der Waals surface area contributed by atoms with Crippen LogP contribution in [0.2, 0.25) is 0 Å². The van der Waals surface area contributed by atoms with E-state index in [9.17, 15) is 9.59 Å². The van der Waals surface area contributed by atoms with Gasteiger partial charge in [0.2, 0.25) is 5.91 Å². The molecule has 9 heteroatoms. The zero-order chi connectivity index (χ0) is 20.9. The number of para-hydroxylation sites is 1. The van der Waals surface area contributed by atoms with Gasteiger partial charge in [0.25, 0.3) is 0 Å². The fourth-order valence-corrected chi connectivity index (χ4v) is 4.31. The van der Waals surface area contributed by atoms with Gasteiger partial charge in [-0.2, -0.15) is 0 Å². The Kier molecular flexibility index (Phi) is 6.01. The van der Waals surface area contributed by atoms with Gasteiger partial charge < -0.3 is 10.1 Å². The van der Waals surface area contributed by atoms with Crippen molar-refractivity contribution >= 4 is 51.6 Å². The highest BCUT2D eigenvalue weighted by molar-refractivity contribution is 8.01. The van der Waals surface area contributed by atoms with Crippen LogP contribution in [0, 0.1) is 0 Å². The highest BCUT2D eigenvalue weighted by Gasteiger charge is 2.12. The van der Waals surface area contributed by atoms with Gasteiger partial charge in [-0.05, 0) is 36.4 Å². The lowest BCUT2D eigenvalue weighted by molar-refractivity contribution is -0.113. The first-order valence-corrected chi connectivity index (χ1v) is 10.7. The molecule has 0 saturated carbocycles. The van der Waals surface area contributed by atoms with Crippen molar-refractivity contribution in [2.24, 2.45) is 0 Å². The Hall–Kier alpha value is -3.30. The molecule has 0 aliphatic rings. The van der Waals surface area contributed by atoms with Crippen LogP contribution in [0.5, 0.6) is 0 Å². The van der Waals surface area contributed by atoms with E-state index >= 15 is 0 Å². The van der Waals surface area contributed by atoms with E-state index in [-0.39, 0.29) is 11.7 Å². The Balaban J connectivity index is 1.35. The number of carbonyl (C=O) groups excluding carboxylic acids is 2. The van der Waals surface area contributed by atoms with Crippen LogP contribution in [0.25, 0.3) is 21.6 Å². The number of hydrogen-bond acceptors (Lipinski definition) is 8. The van der Waals surface area contributed by atoms with Crippen LogP contribution in [-0.2, 0) is 9.53 Å². The predicted molar refractivity (Wildman–Crippen MR) is 118 cm³/mol. The normalized spacial score (nSPS) is 10.7. The highest BCUT2D eigenvalue weighted by Crippen LogP contribution is 2.29. The van der Waals surface area contributed by atoms with Gasteiger partial charge in [0, 0.05) is 11.1 Å². The molecule has 1 amide bonds. The Morgan fingerprint density at radius 1 is 1.03 bits per heavy atom. The number of ether oxygens (including phenoxy) is 1. The summed E-state index contributed by atoms with van der Waals surface area (Å²) in [5, 5.41) is 12.9. The number of nitrogens with one attached hydrogen (secondary N) is 1. The third-order valence-corrected chi connectivity index (χ3v) is 6.22. The van der Waals surface area contributed by atoms with Crippen molar-refractivity contribution in [1.82, 2.24) is 15.2 Å². The van der Waals surface area contributed by atoms with Crippen LogP contribution in [0.3, 0.4) is 0 Å². The van der Waals surface area contributed by atoms with E-state index < -0.39 is 5.97 Å². The Labute approximate surface area is 180 Å². The summed E-state index contributed by atoms with van der Waals surface area (Å²) in [7, 11) is 1.32. The van der Waals surface area contributed by atoms with Crippen molar-refractivity contribution < 1.29 is 14.3 Å². The smallest absolute Gasteiger partial charge is 0.337 e. The molecule has 4 rings (SSSR count). The fourth-order valence-electron chi connectivity index (χ4n) is 2.69. The molecule has 0 unspecified atom stereocenters. The molecule has 2 aromatic carbocycles. The molecule has 0 aliphatic carbocycles. The summed E-state index contributed by atoms with van der Waals surface area (Å²) in [5.41, 5.74) is 2.69. The maximum absolute atomic E-state index is 12.2. The van der Waals surface area contributed by atoms with E-state index in [1.54, 1.807) is 24.3 Å². The average Bonchev–Trinajstić information content (AvgIpc) is 3.26. The molecule has 1 N–H and O–H groups in total. The molecular weight excluding hydrogens is 420 g/mol. The number of nitrogens with zero attached hydrogens (tertiary/aromatic N) is 3. The molecule has 0 saturated heterocycles. The summed E-state index contributed by atoms with van der Waals surface area (Å²) in [4.78, 5) is 28.3. The van der Waals surface area contributed by atoms with E-state index in [0.29, 0.717) is 20.6 Å². The zero-order valence-electron chi connectivity index (χ0n) is 15.9. The summed E-state index contributed by atoms with van der Waals surface area (Å²) in [6.07, 6.45) is 0. The van der Waals surface area contributed by atoms with Crippen LogP contribution in [0.15, 0.2) is 65.0 Å². The number of hydrogen-bond donors (Lipinski definition) is 1. The van der Waals surface area contributed by atoms with Crippen molar-refractivity contribution in [2.75, 3.05) is 18.2 Å². The van der Waals surface area contributed by atoms with Crippen molar-refractivity contribution in [3.8, 4) is 10.7 Å². The monoisotopic (exact) mass is 436 g/mol. The number of methoxy groups -OCH3 is 1. The third-order valence-electron chi connectivity index (χ3n) is 4.14. The van der Waals surface area contributed by atoms with E-state index in [4.69, 9.17) is 0 Å². The van der Waals surface area contributed by atoms with E-state index in [1.165, 1.54) is 30.2 Å². The van der Waals surface area contributed by atoms with Gasteiger partial charge in [0.05, 0.1) is 23.9 Å². The van der Waals surface area contributed by atoms with E-state index in [2.05, 4.69) is 25.2 Å². The van der Waals surface area contributed by atoms with Gasteiger partial charge >= 0.3 is 5.97 Å². The van der Waals surface area contributed by atoms with Crippen LogP contribution in [0.1, 0.15) is 10.4 Å². The molecular formula is C21H16N4O3S2. The first kappa shape index (κ1) is 20.0. The number of aromatic nitrogens is 3. The minimum atomic E-state index is -0.420. The number of pyridine rings is 1. The summed E-state index contributed by atoms with van der Waals surface area (Å²) in [6.45, 7) is 0. The van der Waals surface area contributed by atoms with Gasteiger partial charge in [-0.15, -0.1) is 10.2 Å². The molecule has 0 fully saturated rings. The number of fused-ring (bicyclic) bond motifs is 1. The maximum atomic E-state index is 12.2. The molecule has 0 spiro atoms. The SMILES string of the molecule is COC(=O)c1ccc(NC(=O)CSc2nnc(-c3ccc4ccccc4n3)s2)cc1. The molecule has 4 aromatic rings. The number of amides is 1. The summed E-state index contributed by atoms with van der Waals surface area (Å²) >= 11 is 2.71. The van der Waals surface area contributed by atoms with Crippen LogP contribution in [-0.4, -0.2) is 39.9 Å². The molecule has 0 atom stereocenters. The molecule has 2 heterocycles. The highest BCUT2D eigenvalue weighted by atomic mass is 32.2. The second-order valence-electron chi connectivity index (χ2n) is 6.17. The van der Waals surface area contributed by atoms with Gasteiger partial charge in [-0.1, -0.05) is 47.4 Å². The average molecular weight is 437 g/mol. The largest absolute Gasteiger partial charge is 0.465 e. The Bertz CT molecular complexity index is 1210. The molecule has 0 bridgehead atoms. The second kappa shape index (κ2) is 9.02.